The van der Waals surface area contributed by atoms with Crippen molar-refractivity contribution in [2.75, 3.05) is 0 Å². The van der Waals surface area contributed by atoms with Crippen LogP contribution in [0.2, 0.25) is 14.3 Å². The van der Waals surface area contributed by atoms with Crippen LogP contribution in [0.25, 0.3) is 0 Å². The van der Waals surface area contributed by atoms with Gasteiger partial charge in [0.05, 0.1) is 18.2 Å². The highest BCUT2D eigenvalue weighted by Crippen LogP contribution is 2.45. The minimum atomic E-state index is -1.26. The lowest BCUT2D eigenvalue weighted by Crippen LogP contribution is -2.33. The Hall–Kier alpha value is -0.998. The first-order valence-corrected chi connectivity index (χ1v) is 19.4. The van der Waals surface area contributed by atoms with E-state index in [9.17, 15) is 15.8 Å². The molecule has 9 unspecified atom stereocenters. The Labute approximate surface area is 255 Å². The normalized spacial score (nSPS) is 18.1. The molecule has 0 rings (SSSR count). The summed E-state index contributed by atoms with van der Waals surface area (Å²) in [5.74, 6) is 1.93. The molecule has 9 atom stereocenters. The Balaban J connectivity index is 6.06. The van der Waals surface area contributed by atoms with Gasteiger partial charge in [0, 0.05) is 17.8 Å². The average Bonchev–Trinajstić information content (AvgIpc) is 2.95. The summed E-state index contributed by atoms with van der Waals surface area (Å²) in [5.41, 5.74) is 0. The minimum absolute atomic E-state index is 0.166. The summed E-state index contributed by atoms with van der Waals surface area (Å²) in [4.78, 5) is 0. The molecular weight excluding hydrogens is 501 g/mol. The molecule has 0 aromatic rings. The molecule has 0 aromatic heterocycles. The zero-order chi connectivity index (χ0) is 30.5. The molecule has 228 valence electrons. The van der Waals surface area contributed by atoms with Gasteiger partial charge in [-0.2, -0.15) is 15.8 Å². The van der Waals surface area contributed by atoms with Gasteiger partial charge >= 0.3 is 0 Å². The molecule has 0 saturated carbocycles. The Morgan fingerprint density at radius 2 is 0.675 bits per heavy atom. The van der Waals surface area contributed by atoms with Gasteiger partial charge in [0.1, 0.15) is 0 Å². The molecule has 0 aromatic carbocycles. The van der Waals surface area contributed by atoms with Crippen molar-refractivity contribution >= 4 is 14.1 Å². The van der Waals surface area contributed by atoms with E-state index in [0.717, 1.165) is 72.1 Å². The maximum absolute atomic E-state index is 9.99. The van der Waals surface area contributed by atoms with Gasteiger partial charge in [-0.1, -0.05) is 134 Å². The lowest BCUT2D eigenvalue weighted by molar-refractivity contribution is 0.361. The third kappa shape index (κ3) is 13.8. The van der Waals surface area contributed by atoms with Crippen molar-refractivity contribution in [3.05, 3.63) is 0 Å². The molecule has 0 aliphatic carbocycles. The van der Waals surface area contributed by atoms with E-state index in [0.29, 0.717) is 17.8 Å². The van der Waals surface area contributed by atoms with Gasteiger partial charge in [0.2, 0.25) is 0 Å². The standard InChI is InChI=1S/3C12H22N.Al/c3*1-4-6-7-9-12(10-13)11(3)8-5-2;/h3*6,11-12H,4-5,7-9H2,1-3H3;. The summed E-state index contributed by atoms with van der Waals surface area (Å²) >= 11 is -1.26. The third-order valence-electron chi connectivity index (χ3n) is 10.5. The fraction of sp³-hybridized carbons (Fsp3) is 0.917. The summed E-state index contributed by atoms with van der Waals surface area (Å²) < 4.78 is 2.21. The highest BCUT2D eigenvalue weighted by Gasteiger charge is 2.40. The molecule has 0 heterocycles. The van der Waals surface area contributed by atoms with E-state index in [1.807, 2.05) is 0 Å². The topological polar surface area (TPSA) is 71.4 Å². The number of hydrogen-bond donors (Lipinski definition) is 0. The lowest BCUT2D eigenvalue weighted by atomic mass is 9.87. The number of rotatable bonds is 24. The fourth-order valence-electron chi connectivity index (χ4n) is 7.74. The number of nitriles is 3. The summed E-state index contributed by atoms with van der Waals surface area (Å²) in [6.45, 7) is 20.7. The van der Waals surface area contributed by atoms with E-state index in [1.54, 1.807) is 0 Å². The van der Waals surface area contributed by atoms with Crippen LogP contribution in [0.15, 0.2) is 0 Å². The highest BCUT2D eigenvalue weighted by molar-refractivity contribution is 6.63. The first-order chi connectivity index (χ1) is 19.2. The van der Waals surface area contributed by atoms with E-state index in [1.165, 1.54) is 38.5 Å². The van der Waals surface area contributed by atoms with Gasteiger partial charge in [0.25, 0.3) is 14.1 Å². The molecule has 4 heteroatoms. The first-order valence-electron chi connectivity index (χ1n) is 17.4. The highest BCUT2D eigenvalue weighted by atomic mass is 27.2. The van der Waals surface area contributed by atoms with Crippen molar-refractivity contribution in [3.63, 3.8) is 0 Å². The molecule has 0 saturated heterocycles. The van der Waals surface area contributed by atoms with E-state index in [-0.39, 0.29) is 17.8 Å². The molecule has 40 heavy (non-hydrogen) atoms. The fourth-order valence-corrected chi connectivity index (χ4v) is 13.4. The maximum atomic E-state index is 9.99. The van der Waals surface area contributed by atoms with Gasteiger partial charge in [-0.25, -0.2) is 0 Å². The van der Waals surface area contributed by atoms with Crippen molar-refractivity contribution in [3.8, 4) is 18.2 Å². The summed E-state index contributed by atoms with van der Waals surface area (Å²) in [6, 6.07) is 8.04. The maximum Gasteiger partial charge on any atom is 0.272 e. The van der Waals surface area contributed by atoms with Crippen LogP contribution in [-0.2, 0) is 0 Å². The molecule has 0 radical (unpaired) electrons. The molecule has 0 aliphatic heterocycles. The molecule has 0 fully saturated rings. The van der Waals surface area contributed by atoms with Crippen molar-refractivity contribution < 1.29 is 0 Å². The molecule has 3 nitrogen and oxygen atoms in total. The quantitative estimate of drug-likeness (QED) is 0.109. The monoisotopic (exact) mass is 568 g/mol. The van der Waals surface area contributed by atoms with Crippen LogP contribution in [0.1, 0.15) is 159 Å². The number of hydrogen-bond acceptors (Lipinski definition) is 3. The van der Waals surface area contributed by atoms with E-state index in [2.05, 4.69) is 80.5 Å². The molecule has 0 bridgehead atoms. The predicted octanol–water partition coefficient (Wildman–Crippen LogP) is 11.9. The van der Waals surface area contributed by atoms with Crippen LogP contribution in [0.3, 0.4) is 0 Å². The van der Waals surface area contributed by atoms with Crippen LogP contribution in [0.5, 0.6) is 0 Å². The van der Waals surface area contributed by atoms with Crippen LogP contribution < -0.4 is 0 Å². The molecular formula is C36H66AlN3. The zero-order valence-corrected chi connectivity index (χ0v) is 29.4. The first kappa shape index (κ1) is 39.0. The predicted molar refractivity (Wildman–Crippen MR) is 175 cm³/mol. The largest absolute Gasteiger partial charge is 0.272 e. The summed E-state index contributed by atoms with van der Waals surface area (Å²) in [7, 11) is 0. The van der Waals surface area contributed by atoms with Crippen LogP contribution in [0.4, 0.5) is 0 Å². The number of nitrogens with zero attached hydrogens (tertiary/aromatic N) is 3. The Morgan fingerprint density at radius 3 is 0.850 bits per heavy atom. The Morgan fingerprint density at radius 1 is 0.425 bits per heavy atom. The molecule has 0 aliphatic rings. The summed E-state index contributed by atoms with van der Waals surface area (Å²) in [5, 5.41) is 30.0. The van der Waals surface area contributed by atoms with Gasteiger partial charge in [-0.15, -0.1) is 0 Å². The van der Waals surface area contributed by atoms with Gasteiger partial charge in [0.15, 0.2) is 0 Å². The van der Waals surface area contributed by atoms with Crippen molar-refractivity contribution in [2.24, 2.45) is 35.5 Å². The molecule has 0 N–H and O–H groups in total. The second kappa shape index (κ2) is 23.6. The van der Waals surface area contributed by atoms with Gasteiger partial charge in [-0.05, 0) is 56.3 Å². The summed E-state index contributed by atoms with van der Waals surface area (Å²) in [6.07, 6.45) is 17.2. The van der Waals surface area contributed by atoms with Crippen LogP contribution in [0, 0.1) is 69.5 Å². The van der Waals surface area contributed by atoms with Crippen LogP contribution >= 0.6 is 0 Å². The van der Waals surface area contributed by atoms with Crippen LogP contribution in [-0.4, -0.2) is 14.1 Å². The Bertz CT molecular complexity index is 647. The second-order valence-electron chi connectivity index (χ2n) is 13.3. The lowest BCUT2D eigenvalue weighted by Gasteiger charge is -2.36. The van der Waals surface area contributed by atoms with Crippen molar-refractivity contribution in [2.45, 2.75) is 173 Å². The van der Waals surface area contributed by atoms with E-state index < -0.39 is 14.1 Å². The molecule has 0 amide bonds. The van der Waals surface area contributed by atoms with Crippen molar-refractivity contribution in [1.29, 1.82) is 15.8 Å². The zero-order valence-electron chi connectivity index (χ0n) is 28.2. The Kier molecular flexibility index (Phi) is 23.0. The average molecular weight is 568 g/mol. The van der Waals surface area contributed by atoms with Crippen molar-refractivity contribution in [1.82, 2.24) is 0 Å². The second-order valence-corrected chi connectivity index (χ2v) is 17.3. The SMILES string of the molecule is CCCC(C)C(C#N)CC[CH](CC)[Al]([CH](CC)CCC(C#N)C(C)CCC)[CH](CC)CCC(C#N)C(C)CCC. The van der Waals surface area contributed by atoms with Gasteiger partial charge in [-0.3, -0.25) is 0 Å². The molecule has 0 spiro atoms. The third-order valence-corrected chi connectivity index (χ3v) is 16.2. The smallest absolute Gasteiger partial charge is 0.198 e. The van der Waals surface area contributed by atoms with E-state index in [4.69, 9.17) is 0 Å². The van der Waals surface area contributed by atoms with E-state index >= 15 is 0 Å². The minimum Gasteiger partial charge on any atom is -0.198 e. The van der Waals surface area contributed by atoms with Gasteiger partial charge < -0.3 is 0 Å².